The number of hydrogen-bond acceptors (Lipinski definition) is 5. The zero-order valence-corrected chi connectivity index (χ0v) is 14.5. The highest BCUT2D eigenvalue weighted by Crippen LogP contribution is 2.31. The standard InChI is InChI=1S/C17H26N6/c1-13-14(11-19-22(13)4)12-23-10-6-5-7-16(23)15-8-9-18-17(20-15)21(2)3/h8-9,11,16H,5-7,10,12H2,1-4H3. The van der Waals surface area contributed by atoms with Gasteiger partial charge in [0.05, 0.1) is 17.9 Å². The average Bonchev–Trinajstić information content (AvgIpc) is 2.87. The summed E-state index contributed by atoms with van der Waals surface area (Å²) < 4.78 is 1.95. The van der Waals surface area contributed by atoms with Gasteiger partial charge in [-0.2, -0.15) is 5.10 Å². The Morgan fingerprint density at radius 1 is 1.30 bits per heavy atom. The first kappa shape index (κ1) is 15.9. The van der Waals surface area contributed by atoms with Gasteiger partial charge in [0, 0.05) is 45.1 Å². The molecule has 1 saturated heterocycles. The molecule has 1 unspecified atom stereocenters. The van der Waals surface area contributed by atoms with Crippen molar-refractivity contribution >= 4 is 5.95 Å². The second kappa shape index (κ2) is 6.66. The zero-order chi connectivity index (χ0) is 16.4. The molecule has 6 nitrogen and oxygen atoms in total. The zero-order valence-electron chi connectivity index (χ0n) is 14.5. The topological polar surface area (TPSA) is 50.1 Å². The van der Waals surface area contributed by atoms with Crippen LogP contribution in [-0.2, 0) is 13.6 Å². The number of nitrogens with zero attached hydrogens (tertiary/aromatic N) is 6. The molecule has 0 aliphatic carbocycles. The highest BCUT2D eigenvalue weighted by atomic mass is 15.3. The molecule has 1 fully saturated rings. The molecule has 1 aliphatic rings. The third-order valence-electron chi connectivity index (χ3n) is 4.73. The number of piperidine rings is 1. The van der Waals surface area contributed by atoms with E-state index >= 15 is 0 Å². The van der Waals surface area contributed by atoms with Crippen LogP contribution in [0.5, 0.6) is 0 Å². The molecule has 6 heteroatoms. The summed E-state index contributed by atoms with van der Waals surface area (Å²) in [5.41, 5.74) is 3.68. The summed E-state index contributed by atoms with van der Waals surface area (Å²) in [7, 11) is 5.97. The first-order valence-corrected chi connectivity index (χ1v) is 8.28. The SMILES string of the molecule is Cc1c(CN2CCCCC2c2ccnc(N(C)C)n2)cnn1C. The van der Waals surface area contributed by atoms with Crippen LogP contribution in [0.15, 0.2) is 18.5 Å². The van der Waals surface area contributed by atoms with E-state index in [4.69, 9.17) is 4.98 Å². The fraction of sp³-hybridized carbons (Fsp3) is 0.588. The van der Waals surface area contributed by atoms with Crippen LogP contribution >= 0.6 is 0 Å². The van der Waals surface area contributed by atoms with E-state index in [1.807, 2.05) is 43.1 Å². The number of aryl methyl sites for hydroxylation is 1. The largest absolute Gasteiger partial charge is 0.347 e. The molecule has 0 N–H and O–H groups in total. The van der Waals surface area contributed by atoms with Crippen LogP contribution < -0.4 is 4.90 Å². The third kappa shape index (κ3) is 3.37. The Morgan fingerprint density at radius 3 is 2.83 bits per heavy atom. The minimum Gasteiger partial charge on any atom is -0.347 e. The number of rotatable bonds is 4. The summed E-state index contributed by atoms with van der Waals surface area (Å²) in [5, 5.41) is 4.37. The molecule has 2 aromatic rings. The van der Waals surface area contributed by atoms with Crippen LogP contribution in [0.3, 0.4) is 0 Å². The smallest absolute Gasteiger partial charge is 0.225 e. The van der Waals surface area contributed by atoms with Gasteiger partial charge in [-0.15, -0.1) is 0 Å². The van der Waals surface area contributed by atoms with Crippen molar-refractivity contribution in [2.24, 2.45) is 7.05 Å². The van der Waals surface area contributed by atoms with E-state index in [1.165, 1.54) is 24.1 Å². The summed E-state index contributed by atoms with van der Waals surface area (Å²) in [5.74, 6) is 0.783. The highest BCUT2D eigenvalue weighted by molar-refractivity contribution is 5.28. The van der Waals surface area contributed by atoms with Gasteiger partial charge in [-0.05, 0) is 32.4 Å². The molecule has 3 rings (SSSR count). The molecule has 23 heavy (non-hydrogen) atoms. The van der Waals surface area contributed by atoms with Gasteiger partial charge in [0.15, 0.2) is 0 Å². The van der Waals surface area contributed by atoms with Crippen molar-refractivity contribution in [3.63, 3.8) is 0 Å². The molecular weight excluding hydrogens is 288 g/mol. The molecule has 0 amide bonds. The van der Waals surface area contributed by atoms with Gasteiger partial charge in [0.1, 0.15) is 0 Å². The molecule has 2 aromatic heterocycles. The van der Waals surface area contributed by atoms with Crippen LogP contribution in [0.4, 0.5) is 5.95 Å². The summed E-state index contributed by atoms with van der Waals surface area (Å²) >= 11 is 0. The summed E-state index contributed by atoms with van der Waals surface area (Å²) in [4.78, 5) is 13.6. The van der Waals surface area contributed by atoms with Crippen molar-refractivity contribution in [2.45, 2.75) is 38.8 Å². The van der Waals surface area contributed by atoms with Gasteiger partial charge in [-0.1, -0.05) is 6.42 Å². The number of hydrogen-bond donors (Lipinski definition) is 0. The van der Waals surface area contributed by atoms with E-state index in [9.17, 15) is 0 Å². The number of likely N-dealkylation sites (tertiary alicyclic amines) is 1. The lowest BCUT2D eigenvalue weighted by Crippen LogP contribution is -2.33. The fourth-order valence-corrected chi connectivity index (χ4v) is 3.20. The van der Waals surface area contributed by atoms with Crippen molar-refractivity contribution < 1.29 is 0 Å². The Kier molecular flexibility index (Phi) is 4.61. The first-order chi connectivity index (χ1) is 11.1. The quantitative estimate of drug-likeness (QED) is 0.867. The lowest BCUT2D eigenvalue weighted by atomic mass is 9.98. The first-order valence-electron chi connectivity index (χ1n) is 8.28. The van der Waals surface area contributed by atoms with Gasteiger partial charge < -0.3 is 4.90 Å². The monoisotopic (exact) mass is 314 g/mol. The minimum atomic E-state index is 0.366. The Hall–Kier alpha value is -1.95. The molecule has 124 valence electrons. The maximum atomic E-state index is 4.77. The van der Waals surface area contributed by atoms with E-state index in [0.717, 1.165) is 31.2 Å². The predicted octanol–water partition coefficient (Wildman–Crippen LogP) is 2.31. The Bertz CT molecular complexity index is 663. The maximum Gasteiger partial charge on any atom is 0.225 e. The molecule has 1 aliphatic heterocycles. The van der Waals surface area contributed by atoms with Gasteiger partial charge in [0.25, 0.3) is 0 Å². The van der Waals surface area contributed by atoms with Gasteiger partial charge in [0.2, 0.25) is 5.95 Å². The molecule has 0 bridgehead atoms. The van der Waals surface area contributed by atoms with E-state index in [-0.39, 0.29) is 0 Å². The van der Waals surface area contributed by atoms with E-state index in [0.29, 0.717) is 6.04 Å². The molecule has 1 atom stereocenters. The molecule has 3 heterocycles. The van der Waals surface area contributed by atoms with Crippen LogP contribution in [0.1, 0.15) is 42.3 Å². The van der Waals surface area contributed by atoms with Gasteiger partial charge in [-0.25, -0.2) is 9.97 Å². The van der Waals surface area contributed by atoms with E-state index in [1.54, 1.807) is 0 Å². The molecule has 0 radical (unpaired) electrons. The van der Waals surface area contributed by atoms with Gasteiger partial charge >= 0.3 is 0 Å². The normalized spacial score (nSPS) is 19.0. The second-order valence-electron chi connectivity index (χ2n) is 6.54. The summed E-state index contributed by atoms with van der Waals surface area (Å²) in [6.45, 7) is 4.18. The van der Waals surface area contributed by atoms with Crippen LogP contribution in [0.2, 0.25) is 0 Å². The maximum absolute atomic E-state index is 4.77. The van der Waals surface area contributed by atoms with Gasteiger partial charge in [-0.3, -0.25) is 9.58 Å². The van der Waals surface area contributed by atoms with Crippen LogP contribution in [0, 0.1) is 6.92 Å². The average molecular weight is 314 g/mol. The Morgan fingerprint density at radius 2 is 2.13 bits per heavy atom. The number of aromatic nitrogens is 4. The van der Waals surface area contributed by atoms with Crippen molar-refractivity contribution in [1.82, 2.24) is 24.6 Å². The van der Waals surface area contributed by atoms with Crippen LogP contribution in [-0.4, -0.2) is 45.3 Å². The Labute approximate surface area is 138 Å². The summed E-state index contributed by atoms with van der Waals surface area (Å²) in [6, 6.07) is 2.43. The van der Waals surface area contributed by atoms with Crippen molar-refractivity contribution in [3.05, 3.63) is 35.4 Å². The van der Waals surface area contributed by atoms with Crippen molar-refractivity contribution in [1.29, 1.82) is 0 Å². The summed E-state index contributed by atoms with van der Waals surface area (Å²) in [6.07, 6.45) is 7.53. The fourth-order valence-electron chi connectivity index (χ4n) is 3.20. The lowest BCUT2D eigenvalue weighted by Gasteiger charge is -2.35. The number of anilines is 1. The van der Waals surface area contributed by atoms with Crippen LogP contribution in [0.25, 0.3) is 0 Å². The Balaban J connectivity index is 1.84. The second-order valence-corrected chi connectivity index (χ2v) is 6.54. The molecule has 0 saturated carbocycles. The predicted molar refractivity (Wildman–Crippen MR) is 91.3 cm³/mol. The van der Waals surface area contributed by atoms with E-state index < -0.39 is 0 Å². The van der Waals surface area contributed by atoms with Crippen molar-refractivity contribution in [2.75, 3.05) is 25.5 Å². The molecular formula is C17H26N6. The lowest BCUT2D eigenvalue weighted by molar-refractivity contribution is 0.137. The van der Waals surface area contributed by atoms with E-state index in [2.05, 4.69) is 28.0 Å². The highest BCUT2D eigenvalue weighted by Gasteiger charge is 2.26. The molecule has 0 spiro atoms. The van der Waals surface area contributed by atoms with Crippen molar-refractivity contribution in [3.8, 4) is 0 Å². The third-order valence-corrected chi connectivity index (χ3v) is 4.73. The molecule has 0 aromatic carbocycles. The minimum absolute atomic E-state index is 0.366.